The molecule has 1 aliphatic rings. The first-order valence-electron chi connectivity index (χ1n) is 12.2. The number of anilines is 1. The quantitative estimate of drug-likeness (QED) is 0.212. The van der Waals surface area contributed by atoms with Crippen LogP contribution in [0.4, 0.5) is 5.00 Å². The zero-order valence-corrected chi connectivity index (χ0v) is 23.0. The molecule has 9 nitrogen and oxygen atoms in total. The molecule has 1 aromatic carbocycles. The summed E-state index contributed by atoms with van der Waals surface area (Å²) >= 11 is 2.57. The van der Waals surface area contributed by atoms with Gasteiger partial charge in [-0.15, -0.1) is 21.5 Å². The smallest absolute Gasteiger partial charge is 0.341 e. The molecule has 11 heteroatoms. The second-order valence-corrected chi connectivity index (χ2v) is 10.9. The molecule has 0 spiro atoms. The van der Waals surface area contributed by atoms with Crippen LogP contribution in [-0.2, 0) is 20.8 Å². The van der Waals surface area contributed by atoms with E-state index in [1.807, 2.05) is 48.1 Å². The maximum atomic E-state index is 13.0. The van der Waals surface area contributed by atoms with Crippen LogP contribution in [0.5, 0.6) is 0 Å². The number of hydrogen-bond donors (Lipinski definition) is 1. The summed E-state index contributed by atoms with van der Waals surface area (Å²) in [4.78, 5) is 25.8. The van der Waals surface area contributed by atoms with E-state index in [0.717, 1.165) is 41.7 Å². The van der Waals surface area contributed by atoms with E-state index < -0.39 is 5.97 Å². The zero-order valence-electron chi connectivity index (χ0n) is 21.4. The molecule has 1 fully saturated rings. The standard InChI is InChI=1S/C27H28N4O5S2/c1-16-8-9-17(2)19(12-16)20-14-37-25(23(20)26(33)34-3)28-22(32)15-38-27-30-29-24(21-7-5-11-36-21)31(27)13-18-6-4-10-35-18/h5,7-9,11-12,14,18H,4,6,10,13,15H2,1-3H3,(H,28,32). The number of nitrogens with one attached hydrogen (secondary N) is 1. The number of ether oxygens (including phenoxy) is 2. The highest BCUT2D eigenvalue weighted by Crippen LogP contribution is 2.38. The highest BCUT2D eigenvalue weighted by molar-refractivity contribution is 7.99. The van der Waals surface area contributed by atoms with Crippen molar-refractivity contribution < 1.29 is 23.5 Å². The summed E-state index contributed by atoms with van der Waals surface area (Å²) in [6, 6.07) is 9.70. The Labute approximate surface area is 228 Å². The molecule has 0 bridgehead atoms. The first-order chi connectivity index (χ1) is 18.4. The van der Waals surface area contributed by atoms with E-state index in [2.05, 4.69) is 15.5 Å². The lowest BCUT2D eigenvalue weighted by Gasteiger charge is -2.14. The maximum absolute atomic E-state index is 13.0. The normalized spacial score (nSPS) is 15.1. The number of methoxy groups -OCH3 is 1. The number of amides is 1. The molecular weight excluding hydrogens is 524 g/mol. The van der Waals surface area contributed by atoms with Gasteiger partial charge in [0.05, 0.1) is 31.8 Å². The van der Waals surface area contributed by atoms with Gasteiger partial charge in [-0.1, -0.05) is 35.5 Å². The summed E-state index contributed by atoms with van der Waals surface area (Å²) in [5, 5.41) is 14.5. The summed E-state index contributed by atoms with van der Waals surface area (Å²) in [5.74, 6) is 0.522. The summed E-state index contributed by atoms with van der Waals surface area (Å²) in [7, 11) is 1.34. The molecule has 1 saturated heterocycles. The van der Waals surface area contributed by atoms with E-state index in [1.165, 1.54) is 30.2 Å². The minimum atomic E-state index is -0.496. The number of esters is 1. The van der Waals surface area contributed by atoms with Crippen LogP contribution in [0.25, 0.3) is 22.7 Å². The predicted octanol–water partition coefficient (Wildman–Crippen LogP) is 5.58. The third kappa shape index (κ3) is 5.54. The number of aryl methyl sites for hydroxylation is 2. The van der Waals surface area contributed by atoms with Crippen molar-refractivity contribution in [3.63, 3.8) is 0 Å². The summed E-state index contributed by atoms with van der Waals surface area (Å²) in [6.07, 6.45) is 3.62. The van der Waals surface area contributed by atoms with Gasteiger partial charge in [0.25, 0.3) is 0 Å². The number of thioether (sulfide) groups is 1. The minimum absolute atomic E-state index is 0.0603. The Hall–Kier alpha value is -3.41. The Morgan fingerprint density at radius 1 is 1.24 bits per heavy atom. The number of nitrogens with zero attached hydrogens (tertiary/aromatic N) is 3. The van der Waals surface area contributed by atoms with Crippen LogP contribution in [0.3, 0.4) is 0 Å². The van der Waals surface area contributed by atoms with Crippen molar-refractivity contribution in [2.75, 3.05) is 24.8 Å². The summed E-state index contributed by atoms with van der Waals surface area (Å²) in [5.41, 5.74) is 4.14. The van der Waals surface area contributed by atoms with Crippen LogP contribution in [0.2, 0.25) is 0 Å². The molecule has 1 unspecified atom stereocenters. The lowest BCUT2D eigenvalue weighted by Crippen LogP contribution is -2.18. The number of aromatic nitrogens is 3. The Bertz CT molecular complexity index is 1440. The fraction of sp³-hybridized carbons (Fsp3) is 0.333. The average Bonchev–Trinajstić information content (AvgIpc) is 3.72. The molecule has 1 amide bonds. The molecule has 1 atom stereocenters. The number of benzene rings is 1. The van der Waals surface area contributed by atoms with E-state index in [-0.39, 0.29) is 17.8 Å². The molecule has 3 aromatic heterocycles. The van der Waals surface area contributed by atoms with Crippen molar-refractivity contribution in [2.45, 2.75) is 44.5 Å². The number of furan rings is 1. The third-order valence-corrected chi connectivity index (χ3v) is 8.18. The lowest BCUT2D eigenvalue weighted by atomic mass is 9.97. The van der Waals surface area contributed by atoms with Gasteiger partial charge in [0.2, 0.25) is 11.7 Å². The van der Waals surface area contributed by atoms with Gasteiger partial charge in [-0.2, -0.15) is 0 Å². The highest BCUT2D eigenvalue weighted by Gasteiger charge is 2.25. The van der Waals surface area contributed by atoms with E-state index in [1.54, 1.807) is 12.3 Å². The monoisotopic (exact) mass is 552 g/mol. The molecule has 198 valence electrons. The highest BCUT2D eigenvalue weighted by atomic mass is 32.2. The third-order valence-electron chi connectivity index (χ3n) is 6.32. The van der Waals surface area contributed by atoms with Gasteiger partial charge in [-0.3, -0.25) is 9.36 Å². The zero-order chi connectivity index (χ0) is 26.6. The van der Waals surface area contributed by atoms with Gasteiger partial charge in [0, 0.05) is 17.6 Å². The van der Waals surface area contributed by atoms with Crippen molar-refractivity contribution in [3.8, 4) is 22.7 Å². The van der Waals surface area contributed by atoms with Crippen LogP contribution >= 0.6 is 23.1 Å². The predicted molar refractivity (Wildman–Crippen MR) is 147 cm³/mol. The first kappa shape index (κ1) is 26.2. The molecule has 4 heterocycles. The van der Waals surface area contributed by atoms with Gasteiger partial charge in [0.15, 0.2) is 10.9 Å². The van der Waals surface area contributed by atoms with Crippen molar-refractivity contribution >= 4 is 40.0 Å². The van der Waals surface area contributed by atoms with Crippen LogP contribution in [0.15, 0.2) is 51.5 Å². The largest absolute Gasteiger partial charge is 0.465 e. The molecule has 38 heavy (non-hydrogen) atoms. The van der Waals surface area contributed by atoms with Gasteiger partial charge in [0.1, 0.15) is 10.6 Å². The van der Waals surface area contributed by atoms with Crippen LogP contribution in [0, 0.1) is 13.8 Å². The van der Waals surface area contributed by atoms with Crippen LogP contribution in [-0.4, -0.2) is 52.2 Å². The molecule has 0 saturated carbocycles. The van der Waals surface area contributed by atoms with Gasteiger partial charge in [-0.25, -0.2) is 4.79 Å². The lowest BCUT2D eigenvalue weighted by molar-refractivity contribution is -0.113. The average molecular weight is 553 g/mol. The Morgan fingerprint density at radius 2 is 2.11 bits per heavy atom. The second-order valence-electron chi connectivity index (χ2n) is 9.03. The number of hydrogen-bond acceptors (Lipinski definition) is 9. The van der Waals surface area contributed by atoms with Crippen LogP contribution < -0.4 is 5.32 Å². The number of carbonyl (C=O) groups excluding carboxylic acids is 2. The molecule has 0 radical (unpaired) electrons. The molecular formula is C27H28N4O5S2. The fourth-order valence-electron chi connectivity index (χ4n) is 4.41. The van der Waals surface area contributed by atoms with Crippen LogP contribution in [0.1, 0.15) is 34.3 Å². The Kier molecular flexibility index (Phi) is 7.96. The number of carbonyl (C=O) groups is 2. The van der Waals surface area contributed by atoms with Crippen molar-refractivity contribution in [1.82, 2.24) is 14.8 Å². The van der Waals surface area contributed by atoms with E-state index >= 15 is 0 Å². The second kappa shape index (κ2) is 11.5. The van der Waals surface area contributed by atoms with Gasteiger partial charge in [-0.05, 0) is 49.9 Å². The van der Waals surface area contributed by atoms with Crippen molar-refractivity contribution in [1.29, 1.82) is 0 Å². The van der Waals surface area contributed by atoms with Crippen molar-refractivity contribution in [2.24, 2.45) is 0 Å². The molecule has 1 aliphatic heterocycles. The fourth-order valence-corrected chi connectivity index (χ4v) is 6.12. The SMILES string of the molecule is COC(=O)c1c(-c2cc(C)ccc2C)csc1NC(=O)CSc1nnc(-c2ccco2)n1CC1CCCO1. The summed E-state index contributed by atoms with van der Waals surface area (Å²) < 4.78 is 18.4. The van der Waals surface area contributed by atoms with E-state index in [0.29, 0.717) is 33.9 Å². The molecule has 0 aliphatic carbocycles. The first-order valence-corrected chi connectivity index (χ1v) is 14.1. The maximum Gasteiger partial charge on any atom is 0.341 e. The Balaban J connectivity index is 1.35. The van der Waals surface area contributed by atoms with Gasteiger partial charge < -0.3 is 19.2 Å². The number of thiophene rings is 1. The van der Waals surface area contributed by atoms with E-state index in [9.17, 15) is 9.59 Å². The number of rotatable bonds is 9. The Morgan fingerprint density at radius 3 is 2.84 bits per heavy atom. The molecule has 4 aromatic rings. The topological polar surface area (TPSA) is 108 Å². The minimum Gasteiger partial charge on any atom is -0.465 e. The molecule has 5 rings (SSSR count). The van der Waals surface area contributed by atoms with Gasteiger partial charge >= 0.3 is 5.97 Å². The van der Waals surface area contributed by atoms with Crippen molar-refractivity contribution in [3.05, 3.63) is 58.7 Å². The van der Waals surface area contributed by atoms with E-state index in [4.69, 9.17) is 13.9 Å². The summed E-state index contributed by atoms with van der Waals surface area (Å²) in [6.45, 7) is 5.30. The molecule has 1 N–H and O–H groups in total.